The van der Waals surface area contributed by atoms with Gasteiger partial charge < -0.3 is 10.1 Å². The van der Waals surface area contributed by atoms with Crippen molar-refractivity contribution in [1.82, 2.24) is 15.1 Å². The number of ether oxygens (including phenoxy) is 1. The highest BCUT2D eigenvalue weighted by Gasteiger charge is 2.07. The molecule has 0 unspecified atom stereocenters. The van der Waals surface area contributed by atoms with Crippen molar-refractivity contribution in [3.63, 3.8) is 0 Å². The Kier molecular flexibility index (Phi) is 7.34. The van der Waals surface area contributed by atoms with Gasteiger partial charge in [-0.1, -0.05) is 39.7 Å². The van der Waals surface area contributed by atoms with Crippen molar-refractivity contribution in [3.8, 4) is 5.75 Å². The third-order valence-corrected chi connectivity index (χ3v) is 5.23. The summed E-state index contributed by atoms with van der Waals surface area (Å²) in [6.07, 6.45) is 0.827. The molecule has 0 fully saturated rings. The Balaban J connectivity index is 1.45. The second-order valence-electron chi connectivity index (χ2n) is 6.82. The molecule has 0 radical (unpaired) electrons. The van der Waals surface area contributed by atoms with Gasteiger partial charge in [-0.3, -0.25) is 9.48 Å². The van der Waals surface area contributed by atoms with Gasteiger partial charge in [-0.2, -0.15) is 5.10 Å². The number of nitrogens with zero attached hydrogens (tertiary/aromatic N) is 2. The van der Waals surface area contributed by atoms with E-state index in [1.165, 1.54) is 0 Å². The predicted molar refractivity (Wildman–Crippen MR) is 119 cm³/mol. The van der Waals surface area contributed by atoms with Crippen molar-refractivity contribution < 1.29 is 9.53 Å². The Bertz CT molecular complexity index is 986. The standard InChI is InChI=1S/C22H23BrClN3O2/c1-15-12-16(2)27(26-15)11-3-10-25-22(28)18-6-4-17(5-7-18)14-29-21-9-8-19(23)13-20(21)24/h4-9,12-13H,3,10-11,14H2,1-2H3,(H,25,28). The lowest BCUT2D eigenvalue weighted by Gasteiger charge is -2.10. The van der Waals surface area contributed by atoms with Crippen LogP contribution in [0.3, 0.4) is 0 Å². The van der Waals surface area contributed by atoms with Gasteiger partial charge in [0.25, 0.3) is 5.91 Å². The van der Waals surface area contributed by atoms with Crippen LogP contribution in [0.2, 0.25) is 5.02 Å². The van der Waals surface area contributed by atoms with Gasteiger partial charge in [-0.05, 0) is 62.2 Å². The zero-order valence-electron chi connectivity index (χ0n) is 16.4. The minimum absolute atomic E-state index is 0.0817. The number of amides is 1. The topological polar surface area (TPSA) is 56.2 Å². The molecule has 0 saturated carbocycles. The number of nitrogens with one attached hydrogen (secondary N) is 1. The molecule has 0 spiro atoms. The summed E-state index contributed by atoms with van der Waals surface area (Å²) in [4.78, 5) is 12.3. The third kappa shape index (κ3) is 6.08. The summed E-state index contributed by atoms with van der Waals surface area (Å²) in [5.41, 5.74) is 3.74. The van der Waals surface area contributed by atoms with Crippen LogP contribution in [-0.4, -0.2) is 22.2 Å². The molecule has 3 rings (SSSR count). The Labute approximate surface area is 184 Å². The third-order valence-electron chi connectivity index (χ3n) is 4.44. The zero-order chi connectivity index (χ0) is 20.8. The van der Waals surface area contributed by atoms with Crippen LogP contribution in [-0.2, 0) is 13.2 Å². The number of hydrogen-bond acceptors (Lipinski definition) is 3. The quantitative estimate of drug-likeness (QED) is 0.448. The average Bonchev–Trinajstić information content (AvgIpc) is 3.02. The van der Waals surface area contributed by atoms with Crippen LogP contribution in [0.15, 0.2) is 53.0 Å². The van der Waals surface area contributed by atoms with E-state index in [0.29, 0.717) is 29.5 Å². The molecule has 5 nitrogen and oxygen atoms in total. The molecule has 1 heterocycles. The molecule has 0 aliphatic carbocycles. The molecular formula is C22H23BrClN3O2. The molecule has 0 aliphatic rings. The SMILES string of the molecule is Cc1cc(C)n(CCCNC(=O)c2ccc(COc3ccc(Br)cc3Cl)cc2)n1. The average molecular weight is 477 g/mol. The number of halogens is 2. The van der Waals surface area contributed by atoms with Gasteiger partial charge in [-0.15, -0.1) is 0 Å². The van der Waals surface area contributed by atoms with Gasteiger partial charge in [0, 0.05) is 28.8 Å². The summed E-state index contributed by atoms with van der Waals surface area (Å²) in [5.74, 6) is 0.543. The highest BCUT2D eigenvalue weighted by Crippen LogP contribution is 2.28. The lowest BCUT2D eigenvalue weighted by molar-refractivity contribution is 0.0952. The molecule has 0 bridgehead atoms. The van der Waals surface area contributed by atoms with Crippen LogP contribution in [0, 0.1) is 13.8 Å². The monoisotopic (exact) mass is 475 g/mol. The van der Waals surface area contributed by atoms with Crippen molar-refractivity contribution in [2.24, 2.45) is 0 Å². The molecule has 1 aromatic heterocycles. The number of rotatable bonds is 8. The molecule has 7 heteroatoms. The number of aromatic nitrogens is 2. The molecule has 29 heavy (non-hydrogen) atoms. The summed E-state index contributed by atoms with van der Waals surface area (Å²) in [6.45, 7) is 5.78. The lowest BCUT2D eigenvalue weighted by Crippen LogP contribution is -2.25. The van der Waals surface area contributed by atoms with E-state index in [-0.39, 0.29) is 5.91 Å². The highest BCUT2D eigenvalue weighted by molar-refractivity contribution is 9.10. The summed E-state index contributed by atoms with van der Waals surface area (Å²) in [6, 6.07) is 14.9. The molecule has 152 valence electrons. The zero-order valence-corrected chi connectivity index (χ0v) is 18.8. The fraction of sp³-hybridized carbons (Fsp3) is 0.273. The predicted octanol–water partition coefficient (Wildman–Crippen LogP) is 5.31. The van der Waals surface area contributed by atoms with Crippen LogP contribution in [0.25, 0.3) is 0 Å². The van der Waals surface area contributed by atoms with E-state index in [2.05, 4.69) is 32.4 Å². The summed E-state index contributed by atoms with van der Waals surface area (Å²) >= 11 is 9.53. The van der Waals surface area contributed by atoms with Crippen molar-refractivity contribution in [3.05, 3.63) is 80.5 Å². The maximum atomic E-state index is 12.3. The van der Waals surface area contributed by atoms with E-state index in [9.17, 15) is 4.79 Å². The Morgan fingerprint density at radius 1 is 1.17 bits per heavy atom. The summed E-state index contributed by atoms with van der Waals surface area (Å²) in [5, 5.41) is 7.93. The van der Waals surface area contributed by atoms with Crippen LogP contribution in [0.1, 0.15) is 33.7 Å². The normalized spacial score (nSPS) is 10.8. The largest absolute Gasteiger partial charge is 0.487 e. The maximum Gasteiger partial charge on any atom is 0.251 e. The van der Waals surface area contributed by atoms with E-state index < -0.39 is 0 Å². The maximum absolute atomic E-state index is 12.3. The fourth-order valence-corrected chi connectivity index (χ4v) is 3.67. The number of aryl methyl sites for hydroxylation is 3. The lowest BCUT2D eigenvalue weighted by atomic mass is 10.1. The number of carbonyl (C=O) groups is 1. The molecule has 0 saturated heterocycles. The second kappa shape index (κ2) is 9.94. The Morgan fingerprint density at radius 2 is 1.93 bits per heavy atom. The number of carbonyl (C=O) groups excluding carboxylic acids is 1. The van der Waals surface area contributed by atoms with Crippen molar-refractivity contribution in [2.75, 3.05) is 6.54 Å². The van der Waals surface area contributed by atoms with Gasteiger partial charge in [0.05, 0.1) is 10.7 Å². The van der Waals surface area contributed by atoms with E-state index in [1.54, 1.807) is 18.2 Å². The summed E-state index contributed by atoms with van der Waals surface area (Å²) < 4.78 is 8.62. The highest BCUT2D eigenvalue weighted by atomic mass is 79.9. The summed E-state index contributed by atoms with van der Waals surface area (Å²) in [7, 11) is 0. The van der Waals surface area contributed by atoms with Crippen LogP contribution in [0.5, 0.6) is 5.75 Å². The first-order valence-electron chi connectivity index (χ1n) is 9.38. The van der Waals surface area contributed by atoms with Crippen molar-refractivity contribution in [1.29, 1.82) is 0 Å². The number of benzene rings is 2. The van der Waals surface area contributed by atoms with Crippen molar-refractivity contribution in [2.45, 2.75) is 33.4 Å². The van der Waals surface area contributed by atoms with Gasteiger partial charge in [-0.25, -0.2) is 0 Å². The molecule has 0 atom stereocenters. The minimum atomic E-state index is -0.0817. The Hall–Kier alpha value is -2.31. The van der Waals surface area contributed by atoms with Gasteiger partial charge in [0.1, 0.15) is 12.4 Å². The first-order chi connectivity index (χ1) is 13.9. The molecule has 0 aliphatic heterocycles. The smallest absolute Gasteiger partial charge is 0.251 e. The molecular weight excluding hydrogens is 454 g/mol. The van der Waals surface area contributed by atoms with Gasteiger partial charge >= 0.3 is 0 Å². The molecule has 3 aromatic rings. The van der Waals surface area contributed by atoms with Crippen molar-refractivity contribution >= 4 is 33.4 Å². The van der Waals surface area contributed by atoms with Crippen LogP contribution < -0.4 is 10.1 Å². The van der Waals surface area contributed by atoms with Gasteiger partial charge in [0.15, 0.2) is 0 Å². The Morgan fingerprint density at radius 3 is 2.59 bits per heavy atom. The molecule has 1 N–H and O–H groups in total. The number of hydrogen-bond donors (Lipinski definition) is 1. The fourth-order valence-electron chi connectivity index (χ4n) is 2.94. The molecule has 2 aromatic carbocycles. The van der Waals surface area contributed by atoms with E-state index in [0.717, 1.165) is 34.4 Å². The van der Waals surface area contributed by atoms with Crippen LogP contribution in [0.4, 0.5) is 0 Å². The van der Waals surface area contributed by atoms with E-state index in [4.69, 9.17) is 16.3 Å². The molecule has 1 amide bonds. The van der Waals surface area contributed by atoms with Crippen LogP contribution >= 0.6 is 27.5 Å². The van der Waals surface area contributed by atoms with E-state index in [1.807, 2.05) is 42.8 Å². The first kappa shape index (κ1) is 21.4. The first-order valence-corrected chi connectivity index (χ1v) is 10.6. The second-order valence-corrected chi connectivity index (χ2v) is 8.14. The van der Waals surface area contributed by atoms with E-state index >= 15 is 0 Å². The minimum Gasteiger partial charge on any atom is -0.487 e. The van der Waals surface area contributed by atoms with Gasteiger partial charge in [0.2, 0.25) is 0 Å².